The van der Waals surface area contributed by atoms with Gasteiger partial charge < -0.3 is 14.6 Å². The fraction of sp³-hybridized carbons (Fsp3) is 0.476. The van der Waals surface area contributed by atoms with Gasteiger partial charge in [-0.3, -0.25) is 4.79 Å². The number of hydrogen-bond acceptors (Lipinski definition) is 7. The van der Waals surface area contributed by atoms with Crippen LogP contribution < -0.4 is 5.32 Å². The summed E-state index contributed by atoms with van der Waals surface area (Å²) in [5.74, 6) is 1.17. The predicted molar refractivity (Wildman–Crippen MR) is 108 cm³/mol. The predicted octanol–water partition coefficient (Wildman–Crippen LogP) is 3.05. The van der Waals surface area contributed by atoms with Gasteiger partial charge >= 0.3 is 0 Å². The Kier molecular flexibility index (Phi) is 4.04. The lowest BCUT2D eigenvalue weighted by Crippen LogP contribution is -2.37. The summed E-state index contributed by atoms with van der Waals surface area (Å²) >= 11 is 0. The highest BCUT2D eigenvalue weighted by Crippen LogP contribution is 2.40. The standard InChI is InChI=1S/C21H24N6O2/c1-4-14-13-5-8-27(9-15(13)23-10-22-14)20(28)16-12(2)29-19-17(16)18(24-11-25-19)26-21(3)6-7-21/h10-11H,4-9H2,1-3H3,(H,24,25,26). The van der Waals surface area contributed by atoms with Gasteiger partial charge in [-0.05, 0) is 45.1 Å². The molecular formula is C21H24N6O2. The Morgan fingerprint density at radius 2 is 2.03 bits per heavy atom. The van der Waals surface area contributed by atoms with Gasteiger partial charge in [-0.25, -0.2) is 19.9 Å². The molecule has 1 aliphatic heterocycles. The Bertz CT molecular complexity index is 1120. The maximum absolute atomic E-state index is 13.5. The third-order valence-corrected chi connectivity index (χ3v) is 6.02. The number of amides is 1. The summed E-state index contributed by atoms with van der Waals surface area (Å²) in [7, 11) is 0. The molecule has 0 saturated heterocycles. The first-order chi connectivity index (χ1) is 14.0. The van der Waals surface area contributed by atoms with Gasteiger partial charge in [-0.1, -0.05) is 6.92 Å². The number of aryl methyl sites for hydroxylation is 2. The molecule has 0 atom stereocenters. The Balaban J connectivity index is 1.52. The molecule has 4 heterocycles. The van der Waals surface area contributed by atoms with E-state index in [0.717, 1.165) is 37.1 Å². The number of hydrogen-bond donors (Lipinski definition) is 1. The van der Waals surface area contributed by atoms with Gasteiger partial charge in [0.1, 0.15) is 24.2 Å². The number of rotatable bonds is 4. The van der Waals surface area contributed by atoms with Crippen molar-refractivity contribution in [3.05, 3.63) is 40.9 Å². The van der Waals surface area contributed by atoms with Crippen LogP contribution in [0.25, 0.3) is 11.1 Å². The van der Waals surface area contributed by atoms with Crippen LogP contribution >= 0.6 is 0 Å². The van der Waals surface area contributed by atoms with Gasteiger partial charge in [0.25, 0.3) is 5.91 Å². The minimum atomic E-state index is -0.0673. The van der Waals surface area contributed by atoms with Crippen molar-refractivity contribution in [2.24, 2.45) is 0 Å². The smallest absolute Gasteiger partial charge is 0.258 e. The number of fused-ring (bicyclic) bond motifs is 2. The zero-order valence-electron chi connectivity index (χ0n) is 16.9. The molecule has 1 N–H and O–H groups in total. The van der Waals surface area contributed by atoms with Gasteiger partial charge in [-0.15, -0.1) is 0 Å². The highest BCUT2D eigenvalue weighted by atomic mass is 16.3. The van der Waals surface area contributed by atoms with Crippen molar-refractivity contribution < 1.29 is 9.21 Å². The quantitative estimate of drug-likeness (QED) is 0.729. The average molecular weight is 392 g/mol. The van der Waals surface area contributed by atoms with E-state index >= 15 is 0 Å². The second kappa shape index (κ2) is 6.50. The summed E-state index contributed by atoms with van der Waals surface area (Å²) in [4.78, 5) is 32.9. The van der Waals surface area contributed by atoms with Crippen LogP contribution in [0.3, 0.4) is 0 Å². The minimum absolute atomic E-state index is 0.0321. The van der Waals surface area contributed by atoms with Gasteiger partial charge in [0.2, 0.25) is 5.71 Å². The molecule has 2 aliphatic rings. The Morgan fingerprint density at radius 3 is 2.79 bits per heavy atom. The molecule has 5 rings (SSSR count). The van der Waals surface area contributed by atoms with Crippen LogP contribution in [0.1, 0.15) is 59.8 Å². The molecular weight excluding hydrogens is 368 g/mol. The Morgan fingerprint density at radius 1 is 1.24 bits per heavy atom. The van der Waals surface area contributed by atoms with E-state index in [2.05, 4.69) is 39.1 Å². The van der Waals surface area contributed by atoms with E-state index in [9.17, 15) is 4.79 Å². The highest BCUT2D eigenvalue weighted by molar-refractivity contribution is 6.10. The first-order valence-electron chi connectivity index (χ1n) is 10.1. The lowest BCUT2D eigenvalue weighted by molar-refractivity contribution is 0.0731. The van der Waals surface area contributed by atoms with Crippen molar-refractivity contribution in [1.82, 2.24) is 24.8 Å². The molecule has 1 saturated carbocycles. The van der Waals surface area contributed by atoms with Gasteiger partial charge in [-0.2, -0.15) is 0 Å². The molecule has 0 aromatic carbocycles. The van der Waals surface area contributed by atoms with Crippen molar-refractivity contribution in [2.75, 3.05) is 11.9 Å². The van der Waals surface area contributed by atoms with Gasteiger partial charge in [0.05, 0.1) is 23.2 Å². The number of furan rings is 1. The Hall–Kier alpha value is -3.03. The lowest BCUT2D eigenvalue weighted by Gasteiger charge is -2.29. The second-order valence-electron chi connectivity index (χ2n) is 8.20. The highest BCUT2D eigenvalue weighted by Gasteiger charge is 2.39. The number of carbonyl (C=O) groups is 1. The zero-order valence-corrected chi connectivity index (χ0v) is 16.9. The first kappa shape index (κ1) is 18.0. The molecule has 0 radical (unpaired) electrons. The molecule has 3 aromatic rings. The van der Waals surface area contributed by atoms with Crippen LogP contribution in [0.5, 0.6) is 0 Å². The van der Waals surface area contributed by atoms with Crippen LogP contribution in [-0.2, 0) is 19.4 Å². The van der Waals surface area contributed by atoms with Crippen LogP contribution in [0, 0.1) is 6.92 Å². The fourth-order valence-corrected chi connectivity index (χ4v) is 4.05. The van der Waals surface area contributed by atoms with E-state index in [-0.39, 0.29) is 11.4 Å². The third kappa shape index (κ3) is 3.03. The van der Waals surface area contributed by atoms with Gasteiger partial charge in [0.15, 0.2) is 0 Å². The molecule has 8 heteroatoms. The number of carbonyl (C=O) groups excluding carboxylic acids is 1. The van der Waals surface area contributed by atoms with Crippen LogP contribution in [-0.4, -0.2) is 42.8 Å². The zero-order chi connectivity index (χ0) is 20.2. The van der Waals surface area contributed by atoms with Crippen molar-refractivity contribution >= 4 is 22.8 Å². The molecule has 0 bridgehead atoms. The van der Waals surface area contributed by atoms with E-state index in [1.54, 1.807) is 6.33 Å². The normalized spacial score (nSPS) is 17.3. The van der Waals surface area contributed by atoms with Crippen molar-refractivity contribution in [3.8, 4) is 0 Å². The van der Waals surface area contributed by atoms with E-state index in [4.69, 9.17) is 4.42 Å². The molecule has 0 spiro atoms. The van der Waals surface area contributed by atoms with Crippen LogP contribution in [0.15, 0.2) is 17.1 Å². The molecule has 1 fully saturated rings. The van der Waals surface area contributed by atoms with Crippen molar-refractivity contribution in [3.63, 3.8) is 0 Å². The second-order valence-corrected chi connectivity index (χ2v) is 8.20. The van der Waals surface area contributed by atoms with Crippen molar-refractivity contribution in [2.45, 2.75) is 58.5 Å². The molecule has 150 valence electrons. The van der Waals surface area contributed by atoms with E-state index in [0.29, 0.717) is 41.3 Å². The summed E-state index contributed by atoms with van der Waals surface area (Å²) in [6.07, 6.45) is 6.88. The first-order valence-corrected chi connectivity index (χ1v) is 10.1. The molecule has 1 aliphatic carbocycles. The van der Waals surface area contributed by atoms with Crippen LogP contribution in [0.2, 0.25) is 0 Å². The molecule has 29 heavy (non-hydrogen) atoms. The minimum Gasteiger partial charge on any atom is -0.442 e. The van der Waals surface area contributed by atoms with Gasteiger partial charge in [0, 0.05) is 17.8 Å². The number of nitrogens with one attached hydrogen (secondary N) is 1. The topological polar surface area (TPSA) is 97.0 Å². The average Bonchev–Trinajstić information content (AvgIpc) is 3.34. The maximum atomic E-state index is 13.5. The number of nitrogens with zero attached hydrogens (tertiary/aromatic N) is 5. The summed E-state index contributed by atoms with van der Waals surface area (Å²) < 4.78 is 5.83. The fourth-order valence-electron chi connectivity index (χ4n) is 4.05. The molecule has 0 unspecified atom stereocenters. The molecule has 8 nitrogen and oxygen atoms in total. The summed E-state index contributed by atoms with van der Waals surface area (Å²) in [5, 5.41) is 4.15. The lowest BCUT2D eigenvalue weighted by atomic mass is 10.0. The number of anilines is 1. The van der Waals surface area contributed by atoms with E-state index < -0.39 is 0 Å². The Labute approximate surface area is 168 Å². The van der Waals surface area contributed by atoms with Crippen molar-refractivity contribution in [1.29, 1.82) is 0 Å². The van der Waals surface area contributed by atoms with Crippen LogP contribution in [0.4, 0.5) is 5.82 Å². The SMILES string of the molecule is CCc1ncnc2c1CCN(C(=O)c1c(C)oc3ncnc(NC4(C)CC4)c13)C2. The summed E-state index contributed by atoms with van der Waals surface area (Å²) in [5.41, 5.74) is 4.21. The number of aromatic nitrogens is 4. The maximum Gasteiger partial charge on any atom is 0.258 e. The largest absolute Gasteiger partial charge is 0.442 e. The van der Waals surface area contributed by atoms with E-state index in [1.807, 2.05) is 11.8 Å². The summed E-state index contributed by atoms with van der Waals surface area (Å²) in [6, 6.07) is 0. The summed E-state index contributed by atoms with van der Waals surface area (Å²) in [6.45, 7) is 7.17. The molecule has 1 amide bonds. The third-order valence-electron chi connectivity index (χ3n) is 6.02. The monoisotopic (exact) mass is 392 g/mol. The molecule has 3 aromatic heterocycles. The van der Waals surface area contributed by atoms with E-state index in [1.165, 1.54) is 11.9 Å².